The molecule has 0 bridgehead atoms. The summed E-state index contributed by atoms with van der Waals surface area (Å²) in [6.45, 7) is 2.70. The van der Waals surface area contributed by atoms with E-state index in [1.165, 1.54) is 0 Å². The lowest BCUT2D eigenvalue weighted by atomic mass is 9.83. The first-order valence-corrected chi connectivity index (χ1v) is 6.10. The maximum absolute atomic E-state index is 13.0. The predicted octanol–water partition coefficient (Wildman–Crippen LogP) is 2.76. The standard InChI is InChI=1S/C12H18F2N2O/c1-2-16-8-7-15-11(16)10(17)9-3-5-12(13,14)6-4-9/h7-10,17H,2-6H2,1H3. The van der Waals surface area contributed by atoms with E-state index >= 15 is 0 Å². The highest BCUT2D eigenvalue weighted by atomic mass is 19.3. The highest BCUT2D eigenvalue weighted by molar-refractivity contribution is 4.99. The molecule has 1 fully saturated rings. The largest absolute Gasteiger partial charge is 0.385 e. The molecule has 1 aliphatic carbocycles. The molecular weight excluding hydrogens is 226 g/mol. The average molecular weight is 244 g/mol. The van der Waals surface area contributed by atoms with Crippen LogP contribution in [0, 0.1) is 5.92 Å². The minimum absolute atomic E-state index is 0.0951. The average Bonchev–Trinajstić information content (AvgIpc) is 2.76. The number of halogens is 2. The number of aliphatic hydroxyl groups is 1. The van der Waals surface area contributed by atoms with Crippen molar-refractivity contribution in [2.24, 2.45) is 5.92 Å². The second-order valence-corrected chi connectivity index (χ2v) is 4.71. The number of aromatic nitrogens is 2. The van der Waals surface area contributed by atoms with Crippen molar-refractivity contribution in [2.45, 2.75) is 51.2 Å². The number of alkyl halides is 2. The maximum Gasteiger partial charge on any atom is 0.248 e. The Balaban J connectivity index is 2.04. The molecular formula is C12H18F2N2O. The Morgan fingerprint density at radius 1 is 1.53 bits per heavy atom. The van der Waals surface area contributed by atoms with E-state index in [1.54, 1.807) is 12.4 Å². The van der Waals surface area contributed by atoms with E-state index in [1.807, 2.05) is 11.5 Å². The SMILES string of the molecule is CCn1ccnc1C(O)C1CCC(F)(F)CC1. The number of hydrogen-bond acceptors (Lipinski definition) is 2. The van der Waals surface area contributed by atoms with Crippen molar-refractivity contribution < 1.29 is 13.9 Å². The summed E-state index contributed by atoms with van der Waals surface area (Å²) in [5.74, 6) is -2.04. The van der Waals surface area contributed by atoms with E-state index in [9.17, 15) is 13.9 Å². The molecule has 1 unspecified atom stereocenters. The fourth-order valence-electron chi connectivity index (χ4n) is 2.44. The van der Waals surface area contributed by atoms with Gasteiger partial charge in [0.25, 0.3) is 0 Å². The van der Waals surface area contributed by atoms with Crippen molar-refractivity contribution in [1.29, 1.82) is 0 Å². The zero-order valence-electron chi connectivity index (χ0n) is 9.94. The van der Waals surface area contributed by atoms with Crippen LogP contribution in [0.15, 0.2) is 12.4 Å². The quantitative estimate of drug-likeness (QED) is 0.887. The molecule has 1 aromatic rings. The Kier molecular flexibility index (Phi) is 3.47. The summed E-state index contributed by atoms with van der Waals surface area (Å²) in [6.07, 6.45) is 3.20. The third-order valence-electron chi connectivity index (χ3n) is 3.56. The second-order valence-electron chi connectivity index (χ2n) is 4.71. The van der Waals surface area contributed by atoms with Crippen molar-refractivity contribution in [3.8, 4) is 0 Å². The van der Waals surface area contributed by atoms with E-state index < -0.39 is 12.0 Å². The van der Waals surface area contributed by atoms with Gasteiger partial charge < -0.3 is 9.67 Å². The van der Waals surface area contributed by atoms with Gasteiger partial charge in [-0.3, -0.25) is 0 Å². The highest BCUT2D eigenvalue weighted by Crippen LogP contribution is 2.40. The minimum atomic E-state index is -2.55. The van der Waals surface area contributed by atoms with Gasteiger partial charge in [0.2, 0.25) is 5.92 Å². The minimum Gasteiger partial charge on any atom is -0.385 e. The Labute approximate surface area is 99.5 Å². The maximum atomic E-state index is 13.0. The van der Waals surface area contributed by atoms with Gasteiger partial charge in [0.1, 0.15) is 11.9 Å². The number of nitrogens with zero attached hydrogens (tertiary/aromatic N) is 2. The van der Waals surface area contributed by atoms with Gasteiger partial charge in [-0.2, -0.15) is 0 Å². The molecule has 96 valence electrons. The summed E-state index contributed by atoms with van der Waals surface area (Å²) >= 11 is 0. The molecule has 1 N–H and O–H groups in total. The number of aryl methyl sites for hydroxylation is 1. The molecule has 0 radical (unpaired) electrons. The van der Waals surface area contributed by atoms with Gasteiger partial charge in [-0.1, -0.05) is 0 Å². The lowest BCUT2D eigenvalue weighted by molar-refractivity contribution is -0.0641. The van der Waals surface area contributed by atoms with Crippen LogP contribution in [0.5, 0.6) is 0 Å². The summed E-state index contributed by atoms with van der Waals surface area (Å²) in [5, 5.41) is 10.2. The third kappa shape index (κ3) is 2.65. The first kappa shape index (κ1) is 12.5. The Bertz CT molecular complexity index is 368. The van der Waals surface area contributed by atoms with Crippen LogP contribution in [0.2, 0.25) is 0 Å². The van der Waals surface area contributed by atoms with E-state index in [4.69, 9.17) is 0 Å². The van der Waals surface area contributed by atoms with Crippen LogP contribution < -0.4 is 0 Å². The topological polar surface area (TPSA) is 38.0 Å². The zero-order valence-corrected chi connectivity index (χ0v) is 9.94. The smallest absolute Gasteiger partial charge is 0.248 e. The summed E-state index contributed by atoms with van der Waals surface area (Å²) in [5.41, 5.74) is 0. The van der Waals surface area contributed by atoms with Crippen molar-refractivity contribution in [2.75, 3.05) is 0 Å². The van der Waals surface area contributed by atoms with Crippen molar-refractivity contribution >= 4 is 0 Å². The second kappa shape index (κ2) is 4.72. The fraction of sp³-hybridized carbons (Fsp3) is 0.750. The molecule has 1 saturated carbocycles. The van der Waals surface area contributed by atoms with Crippen LogP contribution in [0.3, 0.4) is 0 Å². The summed E-state index contributed by atoms with van der Waals surface area (Å²) < 4.78 is 27.9. The Morgan fingerprint density at radius 3 is 2.76 bits per heavy atom. The molecule has 0 amide bonds. The van der Waals surface area contributed by atoms with Crippen LogP contribution in [-0.4, -0.2) is 20.6 Å². The van der Waals surface area contributed by atoms with Crippen LogP contribution >= 0.6 is 0 Å². The van der Waals surface area contributed by atoms with Gasteiger partial charge in [0.15, 0.2) is 0 Å². The number of hydrogen-bond donors (Lipinski definition) is 1. The normalized spacial score (nSPS) is 22.6. The van der Waals surface area contributed by atoms with Gasteiger partial charge in [0, 0.05) is 31.8 Å². The molecule has 1 aliphatic rings. The molecule has 1 atom stereocenters. The van der Waals surface area contributed by atoms with Gasteiger partial charge >= 0.3 is 0 Å². The van der Waals surface area contributed by atoms with Gasteiger partial charge in [-0.05, 0) is 25.7 Å². The molecule has 17 heavy (non-hydrogen) atoms. The number of aliphatic hydroxyl groups excluding tert-OH is 1. The molecule has 0 spiro atoms. The van der Waals surface area contributed by atoms with Crippen molar-refractivity contribution in [1.82, 2.24) is 9.55 Å². The first-order chi connectivity index (χ1) is 8.03. The molecule has 1 aromatic heterocycles. The monoisotopic (exact) mass is 244 g/mol. The molecule has 1 heterocycles. The summed E-state index contributed by atoms with van der Waals surface area (Å²) in [7, 11) is 0. The summed E-state index contributed by atoms with van der Waals surface area (Å²) in [6, 6.07) is 0. The lowest BCUT2D eigenvalue weighted by Crippen LogP contribution is -2.28. The number of imidazole rings is 1. The van der Waals surface area contributed by atoms with E-state index in [0.717, 1.165) is 6.54 Å². The van der Waals surface area contributed by atoms with E-state index in [0.29, 0.717) is 18.7 Å². The predicted molar refractivity (Wildman–Crippen MR) is 59.8 cm³/mol. The Hall–Kier alpha value is -0.970. The van der Waals surface area contributed by atoms with Crippen LogP contribution in [0.1, 0.15) is 44.5 Å². The highest BCUT2D eigenvalue weighted by Gasteiger charge is 2.38. The van der Waals surface area contributed by atoms with Crippen LogP contribution in [0.4, 0.5) is 8.78 Å². The van der Waals surface area contributed by atoms with Crippen LogP contribution in [-0.2, 0) is 6.54 Å². The van der Waals surface area contributed by atoms with E-state index in [2.05, 4.69) is 4.98 Å². The van der Waals surface area contributed by atoms with Crippen LogP contribution in [0.25, 0.3) is 0 Å². The molecule has 0 aromatic carbocycles. The molecule has 3 nitrogen and oxygen atoms in total. The molecule has 2 rings (SSSR count). The molecule has 5 heteroatoms. The number of rotatable bonds is 3. The molecule has 0 saturated heterocycles. The summed E-state index contributed by atoms with van der Waals surface area (Å²) in [4.78, 5) is 4.12. The van der Waals surface area contributed by atoms with Gasteiger partial charge in [-0.25, -0.2) is 13.8 Å². The van der Waals surface area contributed by atoms with Crippen molar-refractivity contribution in [3.05, 3.63) is 18.2 Å². The Morgan fingerprint density at radius 2 is 2.18 bits per heavy atom. The van der Waals surface area contributed by atoms with Gasteiger partial charge in [-0.15, -0.1) is 0 Å². The van der Waals surface area contributed by atoms with Gasteiger partial charge in [0.05, 0.1) is 0 Å². The lowest BCUT2D eigenvalue weighted by Gasteiger charge is -2.31. The molecule has 0 aliphatic heterocycles. The third-order valence-corrected chi connectivity index (χ3v) is 3.56. The first-order valence-electron chi connectivity index (χ1n) is 6.10. The van der Waals surface area contributed by atoms with Crippen molar-refractivity contribution in [3.63, 3.8) is 0 Å². The van der Waals surface area contributed by atoms with E-state index in [-0.39, 0.29) is 18.8 Å². The fourth-order valence-corrected chi connectivity index (χ4v) is 2.44. The zero-order chi connectivity index (χ0) is 12.5.